The van der Waals surface area contributed by atoms with Gasteiger partial charge in [0.15, 0.2) is 5.78 Å². The van der Waals surface area contributed by atoms with Gasteiger partial charge in [-0.2, -0.15) is 0 Å². The zero-order valence-corrected chi connectivity index (χ0v) is 12.0. The molecule has 0 saturated carbocycles. The molecule has 0 aliphatic carbocycles. The fraction of sp³-hybridized carbons (Fsp3) is 0.250. The van der Waals surface area contributed by atoms with E-state index >= 15 is 0 Å². The third-order valence-corrected chi connectivity index (χ3v) is 5.42. The standard InChI is InChI=1S/C12H11BrOS2/c1-8-7-11(16-12(8)13)10(14)5-4-9-3-2-6-15-9/h2-3,6-7H,4-5H2,1H3. The molecule has 0 aromatic carbocycles. The van der Waals surface area contributed by atoms with E-state index in [0.29, 0.717) is 6.42 Å². The Kier molecular flexibility index (Phi) is 3.95. The van der Waals surface area contributed by atoms with Gasteiger partial charge in [-0.1, -0.05) is 6.07 Å². The van der Waals surface area contributed by atoms with Crippen molar-refractivity contribution in [2.75, 3.05) is 0 Å². The van der Waals surface area contributed by atoms with Crippen molar-refractivity contribution in [2.45, 2.75) is 19.8 Å². The quantitative estimate of drug-likeness (QED) is 0.748. The predicted molar refractivity (Wildman–Crippen MR) is 73.7 cm³/mol. The second kappa shape index (κ2) is 5.25. The van der Waals surface area contributed by atoms with Crippen LogP contribution in [0.1, 0.15) is 26.5 Å². The Balaban J connectivity index is 1.98. The third-order valence-electron chi connectivity index (χ3n) is 2.31. The van der Waals surface area contributed by atoms with Crippen LogP contribution in [0.5, 0.6) is 0 Å². The zero-order chi connectivity index (χ0) is 11.5. The average Bonchev–Trinajstić information content (AvgIpc) is 2.86. The van der Waals surface area contributed by atoms with Crippen molar-refractivity contribution < 1.29 is 4.79 Å². The second-order valence-electron chi connectivity index (χ2n) is 3.57. The summed E-state index contributed by atoms with van der Waals surface area (Å²) in [6, 6.07) is 6.06. The predicted octanol–water partition coefficient (Wildman–Crippen LogP) is 4.70. The maximum atomic E-state index is 11.9. The van der Waals surface area contributed by atoms with Crippen molar-refractivity contribution in [1.82, 2.24) is 0 Å². The van der Waals surface area contributed by atoms with Crippen molar-refractivity contribution >= 4 is 44.4 Å². The van der Waals surface area contributed by atoms with Crippen LogP contribution in [-0.4, -0.2) is 5.78 Å². The Bertz CT molecular complexity index is 466. The molecule has 0 saturated heterocycles. The first-order valence-electron chi connectivity index (χ1n) is 4.98. The van der Waals surface area contributed by atoms with E-state index in [1.165, 1.54) is 16.2 Å². The number of thiophene rings is 2. The number of rotatable bonds is 4. The smallest absolute Gasteiger partial charge is 0.173 e. The molecule has 2 heterocycles. The maximum Gasteiger partial charge on any atom is 0.173 e. The van der Waals surface area contributed by atoms with Gasteiger partial charge < -0.3 is 0 Å². The topological polar surface area (TPSA) is 17.1 Å². The largest absolute Gasteiger partial charge is 0.293 e. The zero-order valence-electron chi connectivity index (χ0n) is 8.83. The Hall–Kier alpha value is -0.450. The third kappa shape index (κ3) is 2.81. The number of carbonyl (C=O) groups is 1. The molecule has 4 heteroatoms. The monoisotopic (exact) mass is 314 g/mol. The van der Waals surface area contributed by atoms with Crippen LogP contribution in [0.2, 0.25) is 0 Å². The fourth-order valence-corrected chi connectivity index (χ4v) is 3.62. The number of halogens is 1. The average molecular weight is 315 g/mol. The van der Waals surface area contributed by atoms with Crippen LogP contribution in [0.4, 0.5) is 0 Å². The summed E-state index contributed by atoms with van der Waals surface area (Å²) < 4.78 is 1.06. The minimum Gasteiger partial charge on any atom is -0.293 e. The molecule has 2 aromatic rings. The van der Waals surface area contributed by atoms with Gasteiger partial charge in [0.2, 0.25) is 0 Å². The van der Waals surface area contributed by atoms with E-state index in [-0.39, 0.29) is 5.78 Å². The maximum absolute atomic E-state index is 11.9. The van der Waals surface area contributed by atoms with Crippen LogP contribution in [0.25, 0.3) is 0 Å². The molecule has 2 aromatic heterocycles. The highest BCUT2D eigenvalue weighted by Gasteiger charge is 2.11. The number of carbonyl (C=O) groups excluding carboxylic acids is 1. The summed E-state index contributed by atoms with van der Waals surface area (Å²) in [6.45, 7) is 2.01. The Morgan fingerprint density at radius 3 is 2.88 bits per heavy atom. The summed E-state index contributed by atoms with van der Waals surface area (Å²) in [6.07, 6.45) is 1.46. The Labute approximate surface area is 111 Å². The SMILES string of the molecule is Cc1cc(C(=O)CCc2cccs2)sc1Br. The lowest BCUT2D eigenvalue weighted by molar-refractivity contribution is 0.0987. The van der Waals surface area contributed by atoms with E-state index in [2.05, 4.69) is 22.0 Å². The molecular weight excluding hydrogens is 304 g/mol. The Morgan fingerprint density at radius 1 is 1.50 bits per heavy atom. The number of hydrogen-bond acceptors (Lipinski definition) is 3. The van der Waals surface area contributed by atoms with Crippen LogP contribution in [-0.2, 0) is 6.42 Å². The van der Waals surface area contributed by atoms with Gasteiger partial charge in [-0.05, 0) is 52.4 Å². The summed E-state index contributed by atoms with van der Waals surface area (Å²) in [4.78, 5) is 14.0. The number of aryl methyl sites for hydroxylation is 2. The van der Waals surface area contributed by atoms with Crippen LogP contribution in [0, 0.1) is 6.92 Å². The molecule has 0 aliphatic heterocycles. The first kappa shape index (κ1) is 12.0. The molecule has 1 nitrogen and oxygen atoms in total. The van der Waals surface area contributed by atoms with Crippen LogP contribution >= 0.6 is 38.6 Å². The molecular formula is C12H11BrOS2. The summed E-state index contributed by atoms with van der Waals surface area (Å²) in [7, 11) is 0. The first-order valence-corrected chi connectivity index (χ1v) is 7.47. The molecule has 0 radical (unpaired) electrons. The van der Waals surface area contributed by atoms with Crippen molar-refractivity contribution in [3.63, 3.8) is 0 Å². The van der Waals surface area contributed by atoms with Gasteiger partial charge in [0.1, 0.15) is 0 Å². The molecule has 0 unspecified atom stereocenters. The minimum atomic E-state index is 0.243. The fourth-order valence-electron chi connectivity index (χ4n) is 1.41. The van der Waals surface area contributed by atoms with Crippen molar-refractivity contribution in [3.05, 3.63) is 42.7 Å². The van der Waals surface area contributed by atoms with Gasteiger partial charge in [0.05, 0.1) is 8.66 Å². The lowest BCUT2D eigenvalue weighted by atomic mass is 10.1. The second-order valence-corrected chi connectivity index (χ2v) is 6.97. The van der Waals surface area contributed by atoms with E-state index in [9.17, 15) is 4.79 Å². The summed E-state index contributed by atoms with van der Waals surface area (Å²) in [5, 5.41) is 2.05. The van der Waals surface area contributed by atoms with Gasteiger partial charge in [0, 0.05) is 11.3 Å². The van der Waals surface area contributed by atoms with E-state index in [4.69, 9.17) is 0 Å². The van der Waals surface area contributed by atoms with E-state index in [0.717, 1.165) is 20.6 Å². The molecule has 16 heavy (non-hydrogen) atoms. The highest BCUT2D eigenvalue weighted by molar-refractivity contribution is 9.11. The molecule has 0 bridgehead atoms. The molecule has 0 N–H and O–H groups in total. The molecule has 0 atom stereocenters. The molecule has 0 spiro atoms. The molecule has 2 rings (SSSR count). The molecule has 0 aliphatic rings. The normalized spacial score (nSPS) is 10.6. The number of hydrogen-bond donors (Lipinski definition) is 0. The van der Waals surface area contributed by atoms with Gasteiger partial charge in [-0.15, -0.1) is 22.7 Å². The number of ketones is 1. The van der Waals surface area contributed by atoms with E-state index < -0.39 is 0 Å². The lowest BCUT2D eigenvalue weighted by Gasteiger charge is -1.95. The summed E-state index contributed by atoms with van der Waals surface area (Å²) in [5.41, 5.74) is 1.14. The Morgan fingerprint density at radius 2 is 2.31 bits per heavy atom. The van der Waals surface area contributed by atoms with Crippen molar-refractivity contribution in [3.8, 4) is 0 Å². The molecule has 0 amide bonds. The first-order chi connectivity index (χ1) is 7.66. The van der Waals surface area contributed by atoms with Gasteiger partial charge in [0.25, 0.3) is 0 Å². The summed E-state index contributed by atoms with van der Waals surface area (Å²) >= 11 is 6.68. The summed E-state index contributed by atoms with van der Waals surface area (Å²) in [5.74, 6) is 0.243. The van der Waals surface area contributed by atoms with E-state index in [1.807, 2.05) is 24.4 Å². The van der Waals surface area contributed by atoms with Crippen LogP contribution < -0.4 is 0 Å². The van der Waals surface area contributed by atoms with Crippen molar-refractivity contribution in [1.29, 1.82) is 0 Å². The van der Waals surface area contributed by atoms with Crippen LogP contribution in [0.15, 0.2) is 27.4 Å². The highest BCUT2D eigenvalue weighted by atomic mass is 79.9. The van der Waals surface area contributed by atoms with Crippen LogP contribution in [0.3, 0.4) is 0 Å². The van der Waals surface area contributed by atoms with E-state index in [1.54, 1.807) is 11.3 Å². The molecule has 84 valence electrons. The van der Waals surface area contributed by atoms with Gasteiger partial charge >= 0.3 is 0 Å². The molecule has 0 fully saturated rings. The van der Waals surface area contributed by atoms with Gasteiger partial charge in [-0.3, -0.25) is 4.79 Å². The van der Waals surface area contributed by atoms with Gasteiger partial charge in [-0.25, -0.2) is 0 Å². The van der Waals surface area contributed by atoms with Crippen molar-refractivity contribution in [2.24, 2.45) is 0 Å². The number of Topliss-reactive ketones (excluding diaryl/α,β-unsaturated/α-hetero) is 1. The lowest BCUT2D eigenvalue weighted by Crippen LogP contribution is -1.97. The minimum absolute atomic E-state index is 0.243. The highest BCUT2D eigenvalue weighted by Crippen LogP contribution is 2.28.